The van der Waals surface area contributed by atoms with Crippen molar-refractivity contribution in [1.29, 1.82) is 0 Å². The van der Waals surface area contributed by atoms with Gasteiger partial charge in [-0.1, -0.05) is 6.92 Å². The molecule has 0 saturated carbocycles. The fourth-order valence-corrected chi connectivity index (χ4v) is 2.61. The summed E-state index contributed by atoms with van der Waals surface area (Å²) in [5.41, 5.74) is 4.62. The van der Waals surface area contributed by atoms with E-state index in [9.17, 15) is 4.39 Å². The highest BCUT2D eigenvalue weighted by Crippen LogP contribution is 2.18. The second-order valence-corrected chi connectivity index (χ2v) is 5.73. The van der Waals surface area contributed by atoms with Crippen molar-refractivity contribution < 1.29 is 4.39 Å². The molecule has 2 nitrogen and oxygen atoms in total. The van der Waals surface area contributed by atoms with E-state index in [2.05, 4.69) is 56.5 Å². The average molecular weight is 274 g/mol. The molecule has 2 aromatic rings. The molecule has 1 atom stereocenters. The van der Waals surface area contributed by atoms with Gasteiger partial charge < -0.3 is 4.57 Å². The van der Waals surface area contributed by atoms with Gasteiger partial charge in [0, 0.05) is 17.1 Å². The Hall–Kier alpha value is -1.64. The number of aryl methyl sites for hydroxylation is 3. The van der Waals surface area contributed by atoms with Gasteiger partial charge in [-0.2, -0.15) is 0 Å². The summed E-state index contributed by atoms with van der Waals surface area (Å²) in [6.45, 7) is 8.08. The van der Waals surface area contributed by atoms with Crippen LogP contribution in [-0.2, 0) is 6.42 Å². The van der Waals surface area contributed by atoms with E-state index in [-0.39, 0.29) is 6.67 Å². The summed E-state index contributed by atoms with van der Waals surface area (Å²) in [5, 5.41) is 0. The smallest absolute Gasteiger partial charge is 0.137 e. The van der Waals surface area contributed by atoms with Crippen LogP contribution in [0.2, 0.25) is 0 Å². The van der Waals surface area contributed by atoms with Crippen LogP contribution < -0.4 is 0 Å². The Morgan fingerprint density at radius 1 is 1.15 bits per heavy atom. The highest BCUT2D eigenvalue weighted by molar-refractivity contribution is 5.35. The summed E-state index contributed by atoms with van der Waals surface area (Å²) in [6, 6.07) is 8.41. The van der Waals surface area contributed by atoms with Crippen molar-refractivity contribution in [2.45, 2.75) is 40.5 Å². The highest BCUT2D eigenvalue weighted by atomic mass is 19.1. The molecule has 0 aliphatic carbocycles. The zero-order valence-electron chi connectivity index (χ0n) is 12.8. The van der Waals surface area contributed by atoms with Crippen molar-refractivity contribution in [2.24, 2.45) is 5.92 Å². The van der Waals surface area contributed by atoms with Gasteiger partial charge >= 0.3 is 0 Å². The first-order valence-electron chi connectivity index (χ1n) is 7.20. The quantitative estimate of drug-likeness (QED) is 0.793. The van der Waals surface area contributed by atoms with E-state index in [1.54, 1.807) is 0 Å². The largest absolute Gasteiger partial charge is 0.303 e. The molecular weight excluding hydrogens is 251 g/mol. The Balaban J connectivity index is 2.34. The molecule has 2 rings (SSSR count). The topological polar surface area (TPSA) is 17.8 Å². The van der Waals surface area contributed by atoms with Gasteiger partial charge in [-0.25, -0.2) is 4.98 Å². The fourth-order valence-electron chi connectivity index (χ4n) is 2.61. The molecule has 0 radical (unpaired) electrons. The zero-order valence-corrected chi connectivity index (χ0v) is 12.8. The number of aromatic nitrogens is 2. The Bertz CT molecular complexity index is 567. The molecule has 0 aliphatic heterocycles. The van der Waals surface area contributed by atoms with Crippen molar-refractivity contribution >= 4 is 0 Å². The summed E-state index contributed by atoms with van der Waals surface area (Å²) in [4.78, 5) is 4.76. The maximum atomic E-state index is 12.4. The molecule has 0 aromatic carbocycles. The van der Waals surface area contributed by atoms with Crippen LogP contribution in [0.3, 0.4) is 0 Å². The van der Waals surface area contributed by atoms with E-state index >= 15 is 0 Å². The number of halogens is 1. The summed E-state index contributed by atoms with van der Waals surface area (Å²) in [7, 11) is 0. The van der Waals surface area contributed by atoms with E-state index in [1.165, 1.54) is 17.0 Å². The Morgan fingerprint density at radius 2 is 1.80 bits per heavy atom. The van der Waals surface area contributed by atoms with Crippen LogP contribution in [0.15, 0.2) is 24.3 Å². The first-order valence-corrected chi connectivity index (χ1v) is 7.20. The number of hydrogen-bond acceptors (Lipinski definition) is 1. The lowest BCUT2D eigenvalue weighted by atomic mass is 10.0. The van der Waals surface area contributed by atoms with E-state index in [0.29, 0.717) is 12.3 Å². The highest BCUT2D eigenvalue weighted by Gasteiger charge is 2.10. The van der Waals surface area contributed by atoms with Crippen LogP contribution in [0.5, 0.6) is 0 Å². The van der Waals surface area contributed by atoms with Crippen molar-refractivity contribution in [1.82, 2.24) is 9.55 Å². The third-order valence-corrected chi connectivity index (χ3v) is 3.67. The number of pyridine rings is 1. The van der Waals surface area contributed by atoms with Crippen LogP contribution in [0, 0.1) is 26.7 Å². The molecule has 1 unspecified atom stereocenters. The zero-order chi connectivity index (χ0) is 14.7. The van der Waals surface area contributed by atoms with Crippen molar-refractivity contribution in [2.75, 3.05) is 6.67 Å². The second-order valence-electron chi connectivity index (χ2n) is 5.73. The minimum absolute atomic E-state index is 0.254. The number of hydrogen-bond donors (Lipinski definition) is 0. The van der Waals surface area contributed by atoms with Gasteiger partial charge in [0.15, 0.2) is 0 Å². The predicted molar refractivity (Wildman–Crippen MR) is 81.2 cm³/mol. The summed E-state index contributed by atoms with van der Waals surface area (Å²) in [5.74, 6) is 1.29. The lowest BCUT2D eigenvalue weighted by Crippen LogP contribution is -2.07. The van der Waals surface area contributed by atoms with Crippen molar-refractivity contribution in [3.63, 3.8) is 0 Å². The van der Waals surface area contributed by atoms with E-state index in [4.69, 9.17) is 4.98 Å². The molecular formula is C17H23FN2. The SMILES string of the molecule is Cc1cc(CC(C)CCF)nc(-n2c(C)ccc2C)c1. The fraction of sp³-hybridized carbons (Fsp3) is 0.471. The standard InChI is InChI=1S/C17H23FN2/c1-12(7-8-18)9-16-10-13(2)11-17(19-16)20-14(3)5-6-15(20)4/h5-6,10-12H,7-9H2,1-4H3. The molecule has 0 fully saturated rings. The molecule has 0 saturated heterocycles. The van der Waals surface area contributed by atoms with Gasteiger partial charge in [0.1, 0.15) is 5.82 Å². The minimum Gasteiger partial charge on any atom is -0.303 e. The van der Waals surface area contributed by atoms with Gasteiger partial charge in [-0.05, 0) is 69.4 Å². The van der Waals surface area contributed by atoms with E-state index in [1.807, 2.05) is 0 Å². The van der Waals surface area contributed by atoms with Gasteiger partial charge in [-0.15, -0.1) is 0 Å². The Morgan fingerprint density at radius 3 is 2.40 bits per heavy atom. The lowest BCUT2D eigenvalue weighted by Gasteiger charge is -2.13. The molecule has 2 aromatic heterocycles. The van der Waals surface area contributed by atoms with Gasteiger partial charge in [0.05, 0.1) is 6.67 Å². The van der Waals surface area contributed by atoms with Crippen LogP contribution in [-0.4, -0.2) is 16.2 Å². The maximum Gasteiger partial charge on any atom is 0.137 e. The van der Waals surface area contributed by atoms with Crippen LogP contribution in [0.4, 0.5) is 4.39 Å². The summed E-state index contributed by atoms with van der Waals surface area (Å²) < 4.78 is 14.6. The third kappa shape index (κ3) is 3.27. The molecule has 0 aliphatic rings. The number of nitrogens with zero attached hydrogens (tertiary/aromatic N) is 2. The average Bonchev–Trinajstić information content (AvgIpc) is 2.68. The van der Waals surface area contributed by atoms with Crippen molar-refractivity contribution in [3.05, 3.63) is 46.9 Å². The molecule has 20 heavy (non-hydrogen) atoms. The van der Waals surface area contributed by atoms with Crippen molar-refractivity contribution in [3.8, 4) is 5.82 Å². The normalized spacial score (nSPS) is 12.7. The van der Waals surface area contributed by atoms with Gasteiger partial charge in [-0.3, -0.25) is 4.39 Å². The van der Waals surface area contributed by atoms with Gasteiger partial charge in [0.2, 0.25) is 0 Å². The van der Waals surface area contributed by atoms with Crippen LogP contribution in [0.1, 0.15) is 36.0 Å². The first kappa shape index (κ1) is 14.8. The molecule has 0 spiro atoms. The van der Waals surface area contributed by atoms with Gasteiger partial charge in [0.25, 0.3) is 0 Å². The molecule has 108 valence electrons. The minimum atomic E-state index is -0.254. The van der Waals surface area contributed by atoms with Crippen LogP contribution >= 0.6 is 0 Å². The molecule has 0 N–H and O–H groups in total. The van der Waals surface area contributed by atoms with E-state index in [0.717, 1.165) is 17.9 Å². The maximum absolute atomic E-state index is 12.4. The molecule has 2 heterocycles. The number of rotatable bonds is 5. The predicted octanol–water partition coefficient (Wildman–Crippen LogP) is 4.34. The summed E-state index contributed by atoms with van der Waals surface area (Å²) in [6.07, 6.45) is 1.44. The van der Waals surface area contributed by atoms with Crippen LogP contribution in [0.25, 0.3) is 5.82 Å². The molecule has 0 amide bonds. The number of alkyl halides is 1. The third-order valence-electron chi connectivity index (χ3n) is 3.67. The monoisotopic (exact) mass is 274 g/mol. The lowest BCUT2D eigenvalue weighted by molar-refractivity contribution is 0.401. The van der Waals surface area contributed by atoms with E-state index < -0.39 is 0 Å². The first-order chi connectivity index (χ1) is 9.51. The second kappa shape index (κ2) is 6.21. The molecule has 3 heteroatoms. The molecule has 0 bridgehead atoms. The summed E-state index contributed by atoms with van der Waals surface area (Å²) >= 11 is 0. The Kier molecular flexibility index (Phi) is 4.58. The Labute approximate surface area is 120 Å².